The number of carbonyl (C=O) groups is 2. The topological polar surface area (TPSA) is 49.4 Å². The molecule has 4 nitrogen and oxygen atoms in total. The summed E-state index contributed by atoms with van der Waals surface area (Å²) in [5.41, 5.74) is 3.85. The number of para-hydroxylation sites is 1. The molecule has 0 aliphatic carbocycles. The Bertz CT molecular complexity index is 826. The van der Waals surface area contributed by atoms with E-state index in [2.05, 4.69) is 31.3 Å². The van der Waals surface area contributed by atoms with Crippen molar-refractivity contribution in [2.75, 3.05) is 18.4 Å². The molecule has 0 aromatic heterocycles. The normalized spacial score (nSPS) is 16.7. The van der Waals surface area contributed by atoms with Crippen LogP contribution in [0.1, 0.15) is 48.2 Å². The van der Waals surface area contributed by atoms with Crippen LogP contribution in [0.15, 0.2) is 42.5 Å². The molecule has 0 bridgehead atoms. The summed E-state index contributed by atoms with van der Waals surface area (Å²) >= 11 is 5.92. The third-order valence-electron chi connectivity index (χ3n) is 5.42. The first-order chi connectivity index (χ1) is 13.5. The molecule has 5 heteroatoms. The fourth-order valence-corrected chi connectivity index (χ4v) is 3.91. The van der Waals surface area contributed by atoms with Gasteiger partial charge in [0.25, 0.3) is 5.91 Å². The summed E-state index contributed by atoms with van der Waals surface area (Å²) in [5.74, 6) is -0.235. The lowest BCUT2D eigenvalue weighted by atomic mass is 9.95. The van der Waals surface area contributed by atoms with Gasteiger partial charge in [0.2, 0.25) is 5.91 Å². The number of hydrogen-bond acceptors (Lipinski definition) is 2. The number of piperidine rings is 1. The number of rotatable bonds is 5. The number of likely N-dealkylation sites (tertiary alicyclic amines) is 1. The zero-order chi connectivity index (χ0) is 20.1. The van der Waals surface area contributed by atoms with Crippen LogP contribution >= 0.6 is 11.6 Å². The van der Waals surface area contributed by atoms with Crippen LogP contribution in [0.4, 0.5) is 5.69 Å². The molecule has 1 aliphatic rings. The highest BCUT2D eigenvalue weighted by Gasteiger charge is 2.29. The molecule has 3 rings (SSSR count). The number of nitrogens with one attached hydrogen (secondary N) is 1. The minimum absolute atomic E-state index is 0.00389. The van der Waals surface area contributed by atoms with E-state index < -0.39 is 0 Å². The van der Waals surface area contributed by atoms with Crippen molar-refractivity contribution in [2.45, 2.75) is 39.5 Å². The third-order valence-corrected chi connectivity index (χ3v) is 5.67. The second-order valence-electron chi connectivity index (χ2n) is 7.24. The highest BCUT2D eigenvalue weighted by Crippen LogP contribution is 2.26. The van der Waals surface area contributed by atoms with E-state index in [1.165, 1.54) is 0 Å². The molecule has 0 unspecified atom stereocenters. The standard InChI is InChI=1S/C23H27ClN2O2/c1-3-16-7-5-8-17(4-2)21(16)25-22(27)19-9-6-14-26(15-19)23(28)18-10-12-20(24)13-11-18/h5,7-8,10-13,19H,3-4,6,9,14-15H2,1-2H3,(H,25,27)/t19-/m0/s1. The van der Waals surface area contributed by atoms with Crippen LogP contribution in [0.2, 0.25) is 5.02 Å². The average Bonchev–Trinajstić information content (AvgIpc) is 2.74. The van der Waals surface area contributed by atoms with Gasteiger partial charge in [-0.25, -0.2) is 0 Å². The van der Waals surface area contributed by atoms with Gasteiger partial charge in [-0.05, 0) is 61.1 Å². The van der Waals surface area contributed by atoms with Gasteiger partial charge in [-0.1, -0.05) is 43.6 Å². The number of benzene rings is 2. The van der Waals surface area contributed by atoms with Gasteiger partial charge >= 0.3 is 0 Å². The lowest BCUT2D eigenvalue weighted by Gasteiger charge is -2.32. The number of anilines is 1. The van der Waals surface area contributed by atoms with Gasteiger partial charge < -0.3 is 10.2 Å². The second-order valence-corrected chi connectivity index (χ2v) is 7.68. The summed E-state index contributed by atoms with van der Waals surface area (Å²) in [6.07, 6.45) is 3.37. The number of carbonyl (C=O) groups excluding carboxylic acids is 2. The predicted molar refractivity (Wildman–Crippen MR) is 114 cm³/mol. The average molecular weight is 399 g/mol. The SMILES string of the molecule is CCc1cccc(CC)c1NC(=O)[C@H]1CCCN(C(=O)c2ccc(Cl)cc2)C1. The summed E-state index contributed by atoms with van der Waals surface area (Å²) in [6.45, 7) is 5.31. The molecule has 1 heterocycles. The maximum absolute atomic E-state index is 13.0. The Hall–Kier alpha value is -2.33. The summed E-state index contributed by atoms with van der Waals surface area (Å²) in [4.78, 5) is 27.6. The Morgan fingerprint density at radius 1 is 1.07 bits per heavy atom. The molecule has 0 spiro atoms. The van der Waals surface area contributed by atoms with Crippen molar-refractivity contribution in [3.05, 3.63) is 64.2 Å². The lowest BCUT2D eigenvalue weighted by molar-refractivity contribution is -0.121. The zero-order valence-electron chi connectivity index (χ0n) is 16.5. The van der Waals surface area contributed by atoms with Crippen molar-refractivity contribution in [3.8, 4) is 0 Å². The molecule has 2 amide bonds. The summed E-state index contributed by atoms with van der Waals surface area (Å²) < 4.78 is 0. The zero-order valence-corrected chi connectivity index (χ0v) is 17.3. The number of hydrogen-bond donors (Lipinski definition) is 1. The lowest BCUT2D eigenvalue weighted by Crippen LogP contribution is -2.43. The molecule has 1 saturated heterocycles. The molecular formula is C23H27ClN2O2. The highest BCUT2D eigenvalue weighted by molar-refractivity contribution is 6.30. The molecule has 2 aromatic carbocycles. The van der Waals surface area contributed by atoms with E-state index in [1.807, 2.05) is 6.07 Å². The summed E-state index contributed by atoms with van der Waals surface area (Å²) in [7, 11) is 0. The molecule has 2 aromatic rings. The van der Waals surface area contributed by atoms with Gasteiger partial charge in [0, 0.05) is 29.4 Å². The van der Waals surface area contributed by atoms with Crippen LogP contribution in [0, 0.1) is 5.92 Å². The molecule has 0 saturated carbocycles. The number of amides is 2. The minimum atomic E-state index is -0.195. The van der Waals surface area contributed by atoms with Crippen molar-refractivity contribution in [1.82, 2.24) is 4.90 Å². The van der Waals surface area contributed by atoms with Crippen molar-refractivity contribution in [1.29, 1.82) is 0 Å². The van der Waals surface area contributed by atoms with Crippen LogP contribution in [0.25, 0.3) is 0 Å². The van der Waals surface area contributed by atoms with E-state index in [-0.39, 0.29) is 17.7 Å². The van der Waals surface area contributed by atoms with Gasteiger partial charge in [0.15, 0.2) is 0 Å². The largest absolute Gasteiger partial charge is 0.338 e. The van der Waals surface area contributed by atoms with Gasteiger partial charge in [-0.3, -0.25) is 9.59 Å². The predicted octanol–water partition coefficient (Wildman–Crippen LogP) is 4.96. The van der Waals surface area contributed by atoms with Gasteiger partial charge in [0.1, 0.15) is 0 Å². The third kappa shape index (κ3) is 4.56. The van der Waals surface area contributed by atoms with Gasteiger partial charge in [-0.15, -0.1) is 0 Å². The maximum Gasteiger partial charge on any atom is 0.253 e. The molecule has 1 fully saturated rings. The Morgan fingerprint density at radius 3 is 2.32 bits per heavy atom. The Morgan fingerprint density at radius 2 is 1.71 bits per heavy atom. The Kier molecular flexibility index (Phi) is 6.74. The van der Waals surface area contributed by atoms with Gasteiger partial charge in [0.05, 0.1) is 5.92 Å². The van der Waals surface area contributed by atoms with E-state index >= 15 is 0 Å². The quantitative estimate of drug-likeness (QED) is 0.774. The first kappa shape index (κ1) is 20.4. The smallest absolute Gasteiger partial charge is 0.253 e. The fraction of sp³-hybridized carbons (Fsp3) is 0.391. The summed E-state index contributed by atoms with van der Waals surface area (Å²) in [5, 5.41) is 3.77. The number of nitrogens with zero attached hydrogens (tertiary/aromatic N) is 1. The van der Waals surface area contributed by atoms with E-state index in [0.717, 1.165) is 42.5 Å². The van der Waals surface area contributed by atoms with Crippen molar-refractivity contribution < 1.29 is 9.59 Å². The minimum Gasteiger partial charge on any atom is -0.338 e. The van der Waals surface area contributed by atoms with Crippen LogP contribution in [0.5, 0.6) is 0 Å². The number of aryl methyl sites for hydroxylation is 2. The molecule has 148 valence electrons. The van der Waals surface area contributed by atoms with Crippen LogP contribution < -0.4 is 5.32 Å². The van der Waals surface area contributed by atoms with Crippen molar-refractivity contribution in [3.63, 3.8) is 0 Å². The highest BCUT2D eigenvalue weighted by atomic mass is 35.5. The first-order valence-electron chi connectivity index (χ1n) is 10.00. The van der Waals surface area contributed by atoms with E-state index in [4.69, 9.17) is 11.6 Å². The monoisotopic (exact) mass is 398 g/mol. The number of halogens is 1. The fourth-order valence-electron chi connectivity index (χ4n) is 3.78. The van der Waals surface area contributed by atoms with Crippen LogP contribution in [-0.2, 0) is 17.6 Å². The maximum atomic E-state index is 13.0. The van der Waals surface area contributed by atoms with Crippen LogP contribution in [-0.4, -0.2) is 29.8 Å². The molecule has 0 radical (unpaired) electrons. The first-order valence-corrected chi connectivity index (χ1v) is 10.4. The van der Waals surface area contributed by atoms with Crippen molar-refractivity contribution >= 4 is 29.1 Å². The van der Waals surface area contributed by atoms with E-state index in [0.29, 0.717) is 23.7 Å². The molecule has 1 aliphatic heterocycles. The molecular weight excluding hydrogens is 372 g/mol. The van der Waals surface area contributed by atoms with Gasteiger partial charge in [-0.2, -0.15) is 0 Å². The van der Waals surface area contributed by atoms with Crippen LogP contribution in [0.3, 0.4) is 0 Å². The molecule has 1 N–H and O–H groups in total. The Labute approximate surface area is 171 Å². The van der Waals surface area contributed by atoms with E-state index in [9.17, 15) is 9.59 Å². The molecule has 28 heavy (non-hydrogen) atoms. The summed E-state index contributed by atoms with van der Waals surface area (Å²) in [6, 6.07) is 13.1. The van der Waals surface area contributed by atoms with Crippen molar-refractivity contribution in [2.24, 2.45) is 5.92 Å². The van der Waals surface area contributed by atoms with E-state index in [1.54, 1.807) is 29.2 Å². The molecule has 1 atom stereocenters. The Balaban J connectivity index is 1.71. The second kappa shape index (κ2) is 9.24.